The van der Waals surface area contributed by atoms with Crippen LogP contribution in [0.25, 0.3) is 0 Å². The van der Waals surface area contributed by atoms with E-state index >= 15 is 0 Å². The summed E-state index contributed by atoms with van der Waals surface area (Å²) in [6, 6.07) is 0.559. The van der Waals surface area contributed by atoms with E-state index in [-0.39, 0.29) is 0 Å². The number of alkyl halides is 1. The minimum absolute atomic E-state index is 0.559. The Bertz CT molecular complexity index is 331. The maximum atomic E-state index is 4.64. The van der Waals surface area contributed by atoms with Crippen molar-refractivity contribution in [3.63, 3.8) is 0 Å². The van der Waals surface area contributed by atoms with Gasteiger partial charge in [-0.1, -0.05) is 15.9 Å². The normalized spacial score (nSPS) is 27.1. The molecule has 0 bridgehead atoms. The minimum Gasteiger partial charge on any atom is -0.344 e. The van der Waals surface area contributed by atoms with E-state index < -0.39 is 0 Å². The van der Waals surface area contributed by atoms with Crippen LogP contribution in [0.4, 0.5) is 5.13 Å². The fraction of sp³-hybridized carbons (Fsp3) is 0.727. The maximum absolute atomic E-state index is 4.64. The summed E-state index contributed by atoms with van der Waals surface area (Å²) in [4.78, 5) is 9.03. The highest BCUT2D eigenvalue weighted by molar-refractivity contribution is 9.09. The first kappa shape index (κ1) is 11.4. The van der Waals surface area contributed by atoms with Crippen molar-refractivity contribution in [1.29, 1.82) is 0 Å². The van der Waals surface area contributed by atoms with Crippen LogP contribution in [0.5, 0.6) is 0 Å². The molecular formula is C11H17BrN2S. The van der Waals surface area contributed by atoms with Crippen molar-refractivity contribution in [3.05, 3.63) is 10.6 Å². The average Bonchev–Trinajstić information content (AvgIpc) is 2.51. The number of rotatable bonds is 1. The molecule has 0 aromatic carbocycles. The number of thiazole rings is 1. The molecule has 1 saturated heterocycles. The van der Waals surface area contributed by atoms with Crippen LogP contribution in [0.2, 0.25) is 0 Å². The molecule has 0 amide bonds. The van der Waals surface area contributed by atoms with Crippen molar-refractivity contribution in [3.8, 4) is 0 Å². The molecule has 2 nitrogen and oxygen atoms in total. The van der Waals surface area contributed by atoms with Gasteiger partial charge in [0.15, 0.2) is 5.13 Å². The van der Waals surface area contributed by atoms with E-state index in [1.165, 1.54) is 28.5 Å². The van der Waals surface area contributed by atoms with Crippen LogP contribution in [0.15, 0.2) is 0 Å². The third-order valence-electron chi connectivity index (χ3n) is 3.16. The molecule has 1 fully saturated rings. The lowest BCUT2D eigenvalue weighted by Gasteiger charge is -2.36. The number of nitrogens with zero attached hydrogens (tertiary/aromatic N) is 2. The van der Waals surface area contributed by atoms with Gasteiger partial charge < -0.3 is 4.90 Å². The number of halogens is 1. The van der Waals surface area contributed by atoms with Gasteiger partial charge in [-0.05, 0) is 33.6 Å². The second-order valence-corrected chi connectivity index (χ2v) is 6.59. The third kappa shape index (κ3) is 2.21. The molecule has 1 aliphatic rings. The summed E-state index contributed by atoms with van der Waals surface area (Å²) in [5, 5.41) is 1.20. The first-order valence-corrected chi connectivity index (χ1v) is 7.17. The molecule has 1 aliphatic heterocycles. The van der Waals surface area contributed by atoms with Crippen LogP contribution in [0.1, 0.15) is 30.3 Å². The summed E-state index contributed by atoms with van der Waals surface area (Å²) in [5.74, 6) is 0. The number of anilines is 1. The van der Waals surface area contributed by atoms with Crippen molar-refractivity contribution in [2.75, 3.05) is 11.4 Å². The summed E-state index contributed by atoms with van der Waals surface area (Å²) in [5.41, 5.74) is 1.18. The molecule has 1 aromatic rings. The lowest BCUT2D eigenvalue weighted by molar-refractivity contribution is 0.502. The van der Waals surface area contributed by atoms with Crippen LogP contribution in [-0.4, -0.2) is 22.4 Å². The molecule has 0 N–H and O–H groups in total. The predicted octanol–water partition coefficient (Wildman–Crippen LogP) is 3.51. The van der Waals surface area contributed by atoms with Crippen molar-refractivity contribution in [1.82, 2.24) is 4.98 Å². The SMILES string of the molecule is Cc1nc(N2CCCC(Br)C2C)sc1C. The van der Waals surface area contributed by atoms with E-state index in [1.54, 1.807) is 0 Å². The molecule has 0 aliphatic carbocycles. The summed E-state index contributed by atoms with van der Waals surface area (Å²) in [7, 11) is 0. The summed E-state index contributed by atoms with van der Waals surface area (Å²) >= 11 is 5.57. The number of aromatic nitrogens is 1. The number of hydrogen-bond donors (Lipinski definition) is 0. The van der Waals surface area contributed by atoms with Crippen molar-refractivity contribution in [2.45, 2.75) is 44.5 Å². The topological polar surface area (TPSA) is 16.1 Å². The fourth-order valence-electron chi connectivity index (χ4n) is 1.95. The molecular weight excluding hydrogens is 272 g/mol. The van der Waals surface area contributed by atoms with Gasteiger partial charge >= 0.3 is 0 Å². The zero-order valence-corrected chi connectivity index (χ0v) is 11.9. The van der Waals surface area contributed by atoms with Gasteiger partial charge in [-0.3, -0.25) is 0 Å². The molecule has 0 spiro atoms. The zero-order valence-electron chi connectivity index (χ0n) is 9.46. The van der Waals surface area contributed by atoms with E-state index in [2.05, 4.69) is 46.6 Å². The van der Waals surface area contributed by atoms with Gasteiger partial charge in [-0.2, -0.15) is 0 Å². The molecule has 0 saturated carbocycles. The van der Waals surface area contributed by atoms with Gasteiger partial charge in [0.2, 0.25) is 0 Å². The lowest BCUT2D eigenvalue weighted by atomic mass is 10.0. The molecule has 0 radical (unpaired) electrons. The molecule has 84 valence electrons. The molecule has 2 rings (SSSR count). The summed E-state index contributed by atoms with van der Waals surface area (Å²) < 4.78 is 0. The molecule has 2 heterocycles. The second kappa shape index (κ2) is 4.42. The quantitative estimate of drug-likeness (QED) is 0.735. The number of aryl methyl sites for hydroxylation is 2. The minimum atomic E-state index is 0.559. The monoisotopic (exact) mass is 288 g/mol. The van der Waals surface area contributed by atoms with Crippen LogP contribution in [0.3, 0.4) is 0 Å². The van der Waals surface area contributed by atoms with Gasteiger partial charge in [0.05, 0.1) is 5.69 Å². The first-order valence-electron chi connectivity index (χ1n) is 5.44. The van der Waals surface area contributed by atoms with Crippen molar-refractivity contribution < 1.29 is 0 Å². The summed E-state index contributed by atoms with van der Waals surface area (Å²) in [6.45, 7) is 7.67. The van der Waals surface area contributed by atoms with Crippen LogP contribution in [-0.2, 0) is 0 Å². The Balaban J connectivity index is 2.22. The Morgan fingerprint density at radius 2 is 2.20 bits per heavy atom. The van der Waals surface area contributed by atoms with E-state index in [1.807, 2.05) is 11.3 Å². The van der Waals surface area contributed by atoms with Crippen LogP contribution >= 0.6 is 27.3 Å². The van der Waals surface area contributed by atoms with E-state index in [0.29, 0.717) is 10.9 Å². The third-order valence-corrected chi connectivity index (χ3v) is 5.49. The molecule has 2 unspecified atom stereocenters. The van der Waals surface area contributed by atoms with E-state index in [9.17, 15) is 0 Å². The number of hydrogen-bond acceptors (Lipinski definition) is 3. The van der Waals surface area contributed by atoms with Gasteiger partial charge in [-0.15, -0.1) is 11.3 Å². The highest BCUT2D eigenvalue weighted by Crippen LogP contribution is 2.32. The van der Waals surface area contributed by atoms with E-state index in [0.717, 1.165) is 6.54 Å². The highest BCUT2D eigenvalue weighted by Gasteiger charge is 2.27. The average molecular weight is 289 g/mol. The fourth-order valence-corrected chi connectivity index (χ4v) is 3.58. The summed E-state index contributed by atoms with van der Waals surface area (Å²) in [6.07, 6.45) is 2.54. The zero-order chi connectivity index (χ0) is 11.0. The largest absolute Gasteiger partial charge is 0.344 e. The Kier molecular flexibility index (Phi) is 3.36. The Morgan fingerprint density at radius 3 is 2.80 bits per heavy atom. The maximum Gasteiger partial charge on any atom is 0.186 e. The molecule has 1 aromatic heterocycles. The van der Waals surface area contributed by atoms with Crippen LogP contribution in [0, 0.1) is 13.8 Å². The molecule has 15 heavy (non-hydrogen) atoms. The van der Waals surface area contributed by atoms with Crippen molar-refractivity contribution >= 4 is 32.4 Å². The van der Waals surface area contributed by atoms with E-state index in [4.69, 9.17) is 0 Å². The van der Waals surface area contributed by atoms with Gasteiger partial charge in [0.25, 0.3) is 0 Å². The van der Waals surface area contributed by atoms with Gasteiger partial charge in [0, 0.05) is 22.3 Å². The Hall–Kier alpha value is -0.0900. The lowest BCUT2D eigenvalue weighted by Crippen LogP contribution is -2.44. The van der Waals surface area contributed by atoms with Crippen LogP contribution < -0.4 is 4.90 Å². The van der Waals surface area contributed by atoms with Gasteiger partial charge in [-0.25, -0.2) is 4.98 Å². The standard InChI is InChI=1S/C11H17BrN2S/c1-7-9(3)15-11(13-7)14-6-4-5-10(12)8(14)2/h8,10H,4-6H2,1-3H3. The predicted molar refractivity (Wildman–Crippen MR) is 70.3 cm³/mol. The Labute approximate surface area is 104 Å². The molecule has 2 atom stereocenters. The second-order valence-electron chi connectivity index (χ2n) is 4.23. The van der Waals surface area contributed by atoms with Gasteiger partial charge in [0.1, 0.15) is 0 Å². The smallest absolute Gasteiger partial charge is 0.186 e. The molecule has 4 heteroatoms. The first-order chi connectivity index (χ1) is 7.09. The number of piperidine rings is 1. The highest BCUT2D eigenvalue weighted by atomic mass is 79.9. The Morgan fingerprint density at radius 1 is 1.47 bits per heavy atom. The van der Waals surface area contributed by atoms with Crippen molar-refractivity contribution in [2.24, 2.45) is 0 Å².